The maximum Gasteiger partial charge on any atom is 0.350 e. The van der Waals surface area contributed by atoms with Crippen LogP contribution in [0.2, 0.25) is 0 Å². The summed E-state index contributed by atoms with van der Waals surface area (Å²) in [5.74, 6) is -0.694. The Hall–Kier alpha value is -2.68. The monoisotopic (exact) mass is 379 g/mol. The van der Waals surface area contributed by atoms with Gasteiger partial charge in [0.2, 0.25) is 5.91 Å². The number of esters is 1. The van der Waals surface area contributed by atoms with E-state index in [2.05, 4.69) is 10.3 Å². The van der Waals surface area contributed by atoms with Gasteiger partial charge in [-0.15, -0.1) is 0 Å². The van der Waals surface area contributed by atoms with Gasteiger partial charge in [0.25, 0.3) is 5.56 Å². The van der Waals surface area contributed by atoms with Crippen LogP contribution in [0.15, 0.2) is 23.1 Å². The molecule has 140 valence electrons. The van der Waals surface area contributed by atoms with Crippen molar-refractivity contribution in [2.24, 2.45) is 0 Å². The third-order valence-corrected chi connectivity index (χ3v) is 4.32. The second kappa shape index (κ2) is 9.14. The molecule has 0 aliphatic heterocycles. The molecule has 0 spiro atoms. The lowest BCUT2D eigenvalue weighted by Crippen LogP contribution is -2.28. The van der Waals surface area contributed by atoms with E-state index in [1.807, 2.05) is 6.92 Å². The van der Waals surface area contributed by atoms with Crippen LogP contribution in [0.3, 0.4) is 0 Å². The largest absolute Gasteiger partial charge is 0.488 e. The van der Waals surface area contributed by atoms with Gasteiger partial charge < -0.3 is 19.4 Å². The van der Waals surface area contributed by atoms with Gasteiger partial charge in [0.05, 0.1) is 18.9 Å². The lowest BCUT2D eigenvalue weighted by atomic mass is 10.4. The Morgan fingerprint density at radius 3 is 2.81 bits per heavy atom. The molecule has 0 unspecified atom stereocenters. The SMILES string of the molecule is CCCOc1cccn(CC(=O)Nc2nc(C)c(C(=O)OCC)s2)c1=O. The van der Waals surface area contributed by atoms with E-state index in [4.69, 9.17) is 9.47 Å². The molecular formula is C17H21N3O5S. The van der Waals surface area contributed by atoms with Crippen LogP contribution in [0.25, 0.3) is 0 Å². The lowest BCUT2D eigenvalue weighted by Gasteiger charge is -2.08. The number of pyridine rings is 1. The maximum absolute atomic E-state index is 12.3. The predicted octanol–water partition coefficient (Wildman–Crippen LogP) is 2.22. The molecule has 0 aliphatic rings. The minimum atomic E-state index is -0.472. The highest BCUT2D eigenvalue weighted by Gasteiger charge is 2.18. The molecule has 0 aliphatic carbocycles. The molecule has 9 heteroatoms. The number of aryl methyl sites for hydroxylation is 1. The van der Waals surface area contributed by atoms with E-state index in [-0.39, 0.29) is 29.6 Å². The molecule has 1 amide bonds. The van der Waals surface area contributed by atoms with Gasteiger partial charge >= 0.3 is 5.97 Å². The van der Waals surface area contributed by atoms with E-state index in [1.165, 1.54) is 10.8 Å². The number of nitrogens with one attached hydrogen (secondary N) is 1. The smallest absolute Gasteiger partial charge is 0.350 e. The highest BCUT2D eigenvalue weighted by molar-refractivity contribution is 7.17. The number of anilines is 1. The lowest BCUT2D eigenvalue weighted by molar-refractivity contribution is -0.116. The number of carbonyl (C=O) groups excluding carboxylic acids is 2. The number of hydrogen-bond donors (Lipinski definition) is 1. The Balaban J connectivity index is 2.07. The quantitative estimate of drug-likeness (QED) is 0.706. The van der Waals surface area contributed by atoms with Crippen LogP contribution in [0.1, 0.15) is 35.6 Å². The zero-order chi connectivity index (χ0) is 19.1. The third kappa shape index (κ3) is 4.92. The highest BCUT2D eigenvalue weighted by atomic mass is 32.1. The molecule has 0 fully saturated rings. The summed E-state index contributed by atoms with van der Waals surface area (Å²) in [5.41, 5.74) is 0.106. The number of nitrogens with zero attached hydrogens (tertiary/aromatic N) is 2. The number of rotatable bonds is 8. The van der Waals surface area contributed by atoms with E-state index in [0.29, 0.717) is 17.2 Å². The second-order valence-corrected chi connectivity index (χ2v) is 6.36. The van der Waals surface area contributed by atoms with Gasteiger partial charge in [-0.3, -0.25) is 9.59 Å². The number of aromatic nitrogens is 2. The van der Waals surface area contributed by atoms with E-state index in [0.717, 1.165) is 17.8 Å². The molecule has 2 heterocycles. The van der Waals surface area contributed by atoms with Crippen LogP contribution in [0, 0.1) is 6.92 Å². The van der Waals surface area contributed by atoms with Gasteiger partial charge in [-0.05, 0) is 32.4 Å². The fraction of sp³-hybridized carbons (Fsp3) is 0.412. The van der Waals surface area contributed by atoms with Crippen molar-refractivity contribution < 1.29 is 19.1 Å². The van der Waals surface area contributed by atoms with Crippen molar-refractivity contribution in [3.05, 3.63) is 39.3 Å². The van der Waals surface area contributed by atoms with E-state index >= 15 is 0 Å². The maximum atomic E-state index is 12.3. The topological polar surface area (TPSA) is 99.5 Å². The number of thiazole rings is 1. The third-order valence-electron chi connectivity index (χ3n) is 3.26. The first-order valence-electron chi connectivity index (χ1n) is 8.22. The fourth-order valence-corrected chi connectivity index (χ4v) is 2.99. The first-order chi connectivity index (χ1) is 12.5. The Labute approximate surface area is 154 Å². The van der Waals surface area contributed by atoms with Crippen LogP contribution >= 0.6 is 11.3 Å². The molecule has 1 N–H and O–H groups in total. The van der Waals surface area contributed by atoms with E-state index in [9.17, 15) is 14.4 Å². The van der Waals surface area contributed by atoms with Crippen molar-refractivity contribution in [1.29, 1.82) is 0 Å². The fourth-order valence-electron chi connectivity index (χ4n) is 2.11. The summed E-state index contributed by atoms with van der Waals surface area (Å²) in [6.45, 7) is 5.83. The molecule has 2 aromatic rings. The molecule has 2 rings (SSSR count). The van der Waals surface area contributed by atoms with E-state index in [1.54, 1.807) is 26.0 Å². The van der Waals surface area contributed by atoms with Crippen molar-refractivity contribution in [3.63, 3.8) is 0 Å². The van der Waals surface area contributed by atoms with Gasteiger partial charge in [0.15, 0.2) is 10.9 Å². The van der Waals surface area contributed by atoms with Crippen LogP contribution in [0.4, 0.5) is 5.13 Å². The van der Waals surface area contributed by atoms with Crippen molar-refractivity contribution in [2.45, 2.75) is 33.7 Å². The summed E-state index contributed by atoms with van der Waals surface area (Å²) < 4.78 is 11.6. The van der Waals surface area contributed by atoms with Crippen molar-refractivity contribution in [2.75, 3.05) is 18.5 Å². The minimum absolute atomic E-state index is 0.185. The average molecular weight is 379 g/mol. The number of ether oxygens (including phenoxy) is 2. The van der Waals surface area contributed by atoms with Gasteiger partial charge in [-0.2, -0.15) is 0 Å². The zero-order valence-electron chi connectivity index (χ0n) is 14.9. The molecule has 2 aromatic heterocycles. The minimum Gasteiger partial charge on any atom is -0.488 e. The van der Waals surface area contributed by atoms with Crippen LogP contribution in [0.5, 0.6) is 5.75 Å². The Morgan fingerprint density at radius 1 is 1.35 bits per heavy atom. The number of carbonyl (C=O) groups is 2. The highest BCUT2D eigenvalue weighted by Crippen LogP contribution is 2.23. The second-order valence-electron chi connectivity index (χ2n) is 5.36. The first kappa shape index (κ1) is 19.6. The van der Waals surface area contributed by atoms with Crippen molar-refractivity contribution in [1.82, 2.24) is 9.55 Å². The number of hydrogen-bond acceptors (Lipinski definition) is 7. The van der Waals surface area contributed by atoms with Crippen LogP contribution < -0.4 is 15.6 Å². The Bertz CT molecular complexity index is 843. The molecule has 0 bridgehead atoms. The standard InChI is InChI=1S/C17H21N3O5S/c1-4-9-25-12-7-6-8-20(15(12)22)10-13(21)19-17-18-11(3)14(26-17)16(23)24-5-2/h6-8H,4-5,9-10H2,1-3H3,(H,18,19,21). The first-order valence-corrected chi connectivity index (χ1v) is 9.04. The van der Waals surface area contributed by atoms with E-state index < -0.39 is 11.9 Å². The molecule has 8 nitrogen and oxygen atoms in total. The number of amides is 1. The van der Waals surface area contributed by atoms with Gasteiger partial charge in [-0.1, -0.05) is 18.3 Å². The molecule has 0 saturated heterocycles. The molecule has 26 heavy (non-hydrogen) atoms. The summed E-state index contributed by atoms with van der Waals surface area (Å²) in [6, 6.07) is 3.22. The van der Waals surface area contributed by atoms with Gasteiger partial charge in [0, 0.05) is 6.20 Å². The van der Waals surface area contributed by atoms with Gasteiger partial charge in [-0.25, -0.2) is 9.78 Å². The summed E-state index contributed by atoms with van der Waals surface area (Å²) in [6.07, 6.45) is 2.29. The van der Waals surface area contributed by atoms with Gasteiger partial charge in [0.1, 0.15) is 11.4 Å². The van der Waals surface area contributed by atoms with Crippen molar-refractivity contribution >= 4 is 28.3 Å². The Morgan fingerprint density at radius 2 is 2.12 bits per heavy atom. The van der Waals surface area contributed by atoms with Crippen LogP contribution in [-0.2, 0) is 16.1 Å². The molecule has 0 aromatic carbocycles. The summed E-state index contributed by atoms with van der Waals surface area (Å²) in [7, 11) is 0. The normalized spacial score (nSPS) is 10.4. The van der Waals surface area contributed by atoms with Crippen molar-refractivity contribution in [3.8, 4) is 5.75 Å². The summed E-state index contributed by atoms with van der Waals surface area (Å²) in [5, 5.41) is 2.88. The Kier molecular flexibility index (Phi) is 6.90. The molecule has 0 radical (unpaired) electrons. The molecular weight excluding hydrogens is 358 g/mol. The zero-order valence-corrected chi connectivity index (χ0v) is 15.7. The summed E-state index contributed by atoms with van der Waals surface area (Å²) >= 11 is 1.04. The summed E-state index contributed by atoms with van der Waals surface area (Å²) in [4.78, 5) is 40.8. The average Bonchev–Trinajstić information content (AvgIpc) is 2.96. The molecule has 0 saturated carbocycles. The molecule has 0 atom stereocenters. The van der Waals surface area contributed by atoms with Crippen LogP contribution in [-0.4, -0.2) is 34.6 Å². The predicted molar refractivity (Wildman–Crippen MR) is 97.9 cm³/mol.